The molecule has 1 amide bonds. The summed E-state index contributed by atoms with van der Waals surface area (Å²) in [4.78, 5) is 25.8. The molecule has 3 aliphatic heterocycles. The van der Waals surface area contributed by atoms with Gasteiger partial charge in [-0.2, -0.15) is 5.26 Å². The summed E-state index contributed by atoms with van der Waals surface area (Å²) in [5.41, 5.74) is 1.46. The molecule has 4 rings (SSSR count). The maximum atomic E-state index is 12.4. The molecular formula is C25H38N6O2. The van der Waals surface area contributed by atoms with Crippen LogP contribution in [0.5, 0.6) is 0 Å². The number of aromatic nitrogens is 1. The first-order chi connectivity index (χ1) is 15.7. The molecule has 0 aromatic carbocycles. The monoisotopic (exact) mass is 454 g/mol. The van der Waals surface area contributed by atoms with Gasteiger partial charge in [-0.15, -0.1) is 0 Å². The summed E-state index contributed by atoms with van der Waals surface area (Å²) in [5.74, 6) is 0.904. The van der Waals surface area contributed by atoms with E-state index in [0.717, 1.165) is 24.6 Å². The molecule has 1 aromatic heterocycles. The van der Waals surface area contributed by atoms with E-state index in [0.29, 0.717) is 37.3 Å². The van der Waals surface area contributed by atoms with Gasteiger partial charge >= 0.3 is 6.09 Å². The van der Waals surface area contributed by atoms with Crippen LogP contribution in [0.1, 0.15) is 52.1 Å². The fraction of sp³-hybridized carbons (Fsp3) is 0.720. The number of pyridine rings is 1. The summed E-state index contributed by atoms with van der Waals surface area (Å²) in [6.45, 7) is 12.7. The number of likely N-dealkylation sites (tertiary alicyclic amines) is 1. The third-order valence-electron chi connectivity index (χ3n) is 7.40. The Morgan fingerprint density at radius 2 is 1.58 bits per heavy atom. The maximum Gasteiger partial charge on any atom is 0.410 e. The number of carbonyl (C=O) groups excluding carboxylic acids is 1. The second-order valence-corrected chi connectivity index (χ2v) is 10.9. The van der Waals surface area contributed by atoms with Gasteiger partial charge in [0.25, 0.3) is 0 Å². The van der Waals surface area contributed by atoms with Gasteiger partial charge in [-0.1, -0.05) is 0 Å². The number of amides is 1. The summed E-state index contributed by atoms with van der Waals surface area (Å²) in [5, 5.41) is 9.61. The predicted octanol–water partition coefficient (Wildman–Crippen LogP) is 3.32. The highest BCUT2D eigenvalue weighted by atomic mass is 16.6. The number of rotatable bonds is 2. The smallest absolute Gasteiger partial charge is 0.410 e. The zero-order valence-corrected chi connectivity index (χ0v) is 20.6. The highest BCUT2D eigenvalue weighted by Gasteiger charge is 2.37. The van der Waals surface area contributed by atoms with Crippen LogP contribution in [0.15, 0.2) is 12.1 Å². The quantitative estimate of drug-likeness (QED) is 0.678. The lowest BCUT2D eigenvalue weighted by atomic mass is 9.71. The third kappa shape index (κ3) is 5.70. The minimum atomic E-state index is -0.490. The molecule has 0 aliphatic carbocycles. The van der Waals surface area contributed by atoms with Crippen molar-refractivity contribution in [1.29, 1.82) is 5.26 Å². The van der Waals surface area contributed by atoms with Crippen LogP contribution in [0, 0.1) is 16.7 Å². The molecule has 4 heterocycles. The number of hydrogen-bond acceptors (Lipinski definition) is 7. The van der Waals surface area contributed by atoms with E-state index < -0.39 is 5.60 Å². The van der Waals surface area contributed by atoms with Crippen molar-refractivity contribution in [2.24, 2.45) is 5.41 Å². The largest absolute Gasteiger partial charge is 0.444 e. The Hall–Kier alpha value is -2.53. The van der Waals surface area contributed by atoms with E-state index in [4.69, 9.17) is 4.74 Å². The lowest BCUT2D eigenvalue weighted by Gasteiger charge is -2.46. The van der Waals surface area contributed by atoms with Gasteiger partial charge < -0.3 is 24.3 Å². The summed E-state index contributed by atoms with van der Waals surface area (Å²) in [6, 6.07) is 6.24. The Kier molecular flexibility index (Phi) is 6.71. The van der Waals surface area contributed by atoms with Gasteiger partial charge in [0.1, 0.15) is 23.2 Å². The standard InChI is InChI=1S/C25H38N6O2/c1-24(2,3)33-23(32)31-15-13-29(14-16-31)21-17-20(19-26)27-22(18-21)30-11-7-25(8-12-30)5-9-28(4)10-6-25/h17-18H,5-16H2,1-4H3. The van der Waals surface area contributed by atoms with Gasteiger partial charge in [-0.25, -0.2) is 9.78 Å². The molecule has 0 saturated carbocycles. The molecule has 180 valence electrons. The molecule has 3 fully saturated rings. The molecule has 8 heteroatoms. The fourth-order valence-corrected chi connectivity index (χ4v) is 5.18. The average molecular weight is 455 g/mol. The van der Waals surface area contributed by atoms with Crippen molar-refractivity contribution in [2.45, 2.75) is 52.1 Å². The minimum absolute atomic E-state index is 0.258. The van der Waals surface area contributed by atoms with Gasteiger partial charge in [-0.05, 0) is 78.1 Å². The van der Waals surface area contributed by atoms with Crippen LogP contribution in [-0.4, -0.2) is 85.9 Å². The fourth-order valence-electron chi connectivity index (χ4n) is 5.18. The van der Waals surface area contributed by atoms with Gasteiger partial charge in [0.2, 0.25) is 0 Å². The van der Waals surface area contributed by atoms with E-state index in [2.05, 4.69) is 38.9 Å². The van der Waals surface area contributed by atoms with Crippen LogP contribution in [0.2, 0.25) is 0 Å². The van der Waals surface area contributed by atoms with Crippen molar-refractivity contribution in [3.05, 3.63) is 17.8 Å². The predicted molar refractivity (Wildman–Crippen MR) is 130 cm³/mol. The van der Waals surface area contributed by atoms with Crippen LogP contribution in [0.3, 0.4) is 0 Å². The first-order valence-corrected chi connectivity index (χ1v) is 12.2. The van der Waals surface area contributed by atoms with Crippen LogP contribution in [-0.2, 0) is 4.74 Å². The summed E-state index contributed by atoms with van der Waals surface area (Å²) in [6.07, 6.45) is 4.71. The number of anilines is 2. The van der Waals surface area contributed by atoms with E-state index in [1.165, 1.54) is 38.8 Å². The first-order valence-electron chi connectivity index (χ1n) is 12.2. The van der Waals surface area contributed by atoms with Crippen LogP contribution in [0.25, 0.3) is 0 Å². The molecule has 0 atom stereocenters. The van der Waals surface area contributed by atoms with E-state index >= 15 is 0 Å². The van der Waals surface area contributed by atoms with Crippen molar-refractivity contribution in [2.75, 3.05) is 69.2 Å². The highest BCUT2D eigenvalue weighted by molar-refractivity contribution is 5.69. The maximum absolute atomic E-state index is 12.4. The van der Waals surface area contributed by atoms with Crippen molar-refractivity contribution >= 4 is 17.6 Å². The molecule has 0 radical (unpaired) electrons. The number of piperidine rings is 2. The molecular weight excluding hydrogens is 416 g/mol. The molecule has 3 aliphatic rings. The molecule has 1 spiro atoms. The summed E-state index contributed by atoms with van der Waals surface area (Å²) < 4.78 is 5.51. The van der Waals surface area contributed by atoms with Gasteiger partial charge in [-0.3, -0.25) is 0 Å². The number of carbonyl (C=O) groups is 1. The number of ether oxygens (including phenoxy) is 1. The van der Waals surface area contributed by atoms with E-state index in [1.807, 2.05) is 26.8 Å². The number of nitriles is 1. The highest BCUT2D eigenvalue weighted by Crippen LogP contribution is 2.42. The summed E-state index contributed by atoms with van der Waals surface area (Å²) >= 11 is 0. The lowest BCUT2D eigenvalue weighted by Crippen LogP contribution is -2.50. The Balaban J connectivity index is 1.40. The SMILES string of the molecule is CN1CCC2(CC1)CCN(c1cc(N3CCN(C(=O)OC(C)(C)C)CC3)cc(C#N)n1)CC2. The minimum Gasteiger partial charge on any atom is -0.444 e. The Morgan fingerprint density at radius 3 is 2.15 bits per heavy atom. The lowest BCUT2D eigenvalue weighted by molar-refractivity contribution is 0.0240. The Labute approximate surface area is 198 Å². The zero-order chi connectivity index (χ0) is 23.6. The topological polar surface area (TPSA) is 75.9 Å². The normalized spacial score (nSPS) is 21.7. The molecule has 0 bridgehead atoms. The second kappa shape index (κ2) is 9.38. The molecule has 0 unspecified atom stereocenters. The molecule has 8 nitrogen and oxygen atoms in total. The van der Waals surface area contributed by atoms with Crippen LogP contribution >= 0.6 is 0 Å². The van der Waals surface area contributed by atoms with E-state index in [9.17, 15) is 10.1 Å². The van der Waals surface area contributed by atoms with E-state index in [1.54, 1.807) is 4.90 Å². The third-order valence-corrected chi connectivity index (χ3v) is 7.40. The molecule has 33 heavy (non-hydrogen) atoms. The van der Waals surface area contributed by atoms with Crippen molar-refractivity contribution in [3.63, 3.8) is 0 Å². The number of hydrogen-bond donors (Lipinski definition) is 0. The number of piperazine rings is 1. The molecule has 1 aromatic rings. The van der Waals surface area contributed by atoms with Gasteiger partial charge in [0.15, 0.2) is 0 Å². The second-order valence-electron chi connectivity index (χ2n) is 10.9. The Morgan fingerprint density at radius 1 is 0.970 bits per heavy atom. The molecule has 3 saturated heterocycles. The number of nitrogens with zero attached hydrogens (tertiary/aromatic N) is 6. The van der Waals surface area contributed by atoms with Crippen LogP contribution in [0.4, 0.5) is 16.3 Å². The van der Waals surface area contributed by atoms with Crippen LogP contribution < -0.4 is 9.80 Å². The first kappa shape index (κ1) is 23.6. The summed E-state index contributed by atoms with van der Waals surface area (Å²) in [7, 11) is 2.22. The van der Waals surface area contributed by atoms with Gasteiger partial charge in [0.05, 0.1) is 0 Å². The molecule has 0 N–H and O–H groups in total. The van der Waals surface area contributed by atoms with Crippen molar-refractivity contribution in [1.82, 2.24) is 14.8 Å². The Bertz CT molecular complexity index is 879. The van der Waals surface area contributed by atoms with Gasteiger partial charge in [0, 0.05) is 51.0 Å². The van der Waals surface area contributed by atoms with Crippen molar-refractivity contribution in [3.8, 4) is 6.07 Å². The van der Waals surface area contributed by atoms with Crippen molar-refractivity contribution < 1.29 is 9.53 Å². The zero-order valence-electron chi connectivity index (χ0n) is 20.6. The van der Waals surface area contributed by atoms with E-state index in [-0.39, 0.29) is 6.09 Å². The average Bonchev–Trinajstić information content (AvgIpc) is 2.80.